The molecular formula is C19H24BNO3. The van der Waals surface area contributed by atoms with Gasteiger partial charge in [-0.3, -0.25) is 0 Å². The van der Waals surface area contributed by atoms with Gasteiger partial charge in [-0.05, 0) is 71.1 Å². The van der Waals surface area contributed by atoms with Gasteiger partial charge in [0.1, 0.15) is 11.5 Å². The minimum atomic E-state index is -0.407. The Bertz CT molecular complexity index is 670. The standard InChI is InChI=1S/C19H24BNO3/c1-18(2)19(3,4)24-20(23-18)21(5)15-11-13-17(14-12-15)22-16-9-7-6-8-10-16/h6-14H,1-5H3. The number of ether oxygens (including phenoxy) is 1. The first-order chi connectivity index (χ1) is 11.3. The van der Waals surface area contributed by atoms with E-state index in [1.54, 1.807) is 0 Å². The maximum atomic E-state index is 6.08. The molecule has 0 aromatic heterocycles. The van der Waals surface area contributed by atoms with Gasteiger partial charge in [0, 0.05) is 5.69 Å². The molecule has 1 saturated heterocycles. The van der Waals surface area contributed by atoms with Crippen molar-refractivity contribution >= 4 is 12.9 Å². The third-order valence-electron chi connectivity index (χ3n) is 4.78. The summed E-state index contributed by atoms with van der Waals surface area (Å²) >= 11 is 0. The van der Waals surface area contributed by atoms with Crippen LogP contribution in [0.3, 0.4) is 0 Å². The first-order valence-corrected chi connectivity index (χ1v) is 8.20. The lowest BCUT2D eigenvalue weighted by Gasteiger charge is -2.32. The SMILES string of the molecule is CN(B1OC(C)(C)C(C)(C)O1)c1ccc(Oc2ccccc2)cc1. The van der Waals surface area contributed by atoms with Crippen molar-refractivity contribution in [3.05, 3.63) is 54.6 Å². The van der Waals surface area contributed by atoms with Gasteiger partial charge < -0.3 is 18.9 Å². The number of rotatable bonds is 4. The Morgan fingerprint density at radius 2 is 1.29 bits per heavy atom. The third-order valence-corrected chi connectivity index (χ3v) is 4.78. The molecule has 0 atom stereocenters. The average molecular weight is 325 g/mol. The molecule has 2 aromatic carbocycles. The van der Waals surface area contributed by atoms with Crippen LogP contribution in [0, 0.1) is 0 Å². The molecule has 0 amide bonds. The summed E-state index contributed by atoms with van der Waals surface area (Å²) in [5.74, 6) is 1.62. The summed E-state index contributed by atoms with van der Waals surface area (Å²) in [5, 5.41) is 0. The molecule has 3 rings (SSSR count). The number of hydrogen-bond donors (Lipinski definition) is 0. The van der Waals surface area contributed by atoms with Gasteiger partial charge in [0.25, 0.3) is 0 Å². The van der Waals surface area contributed by atoms with E-state index in [1.807, 2.05) is 66.5 Å². The van der Waals surface area contributed by atoms with Gasteiger partial charge in [0.15, 0.2) is 0 Å². The molecule has 4 nitrogen and oxygen atoms in total. The molecule has 1 aliphatic rings. The highest BCUT2D eigenvalue weighted by atomic mass is 16.7. The molecule has 126 valence electrons. The molecule has 24 heavy (non-hydrogen) atoms. The fourth-order valence-corrected chi connectivity index (χ4v) is 2.47. The lowest BCUT2D eigenvalue weighted by atomic mass is 9.90. The minimum absolute atomic E-state index is 0.345. The smallest absolute Gasteiger partial charge is 0.457 e. The molecule has 0 bridgehead atoms. The Hall–Kier alpha value is -1.98. The Morgan fingerprint density at radius 1 is 0.792 bits per heavy atom. The summed E-state index contributed by atoms with van der Waals surface area (Å²) in [6.45, 7) is 8.21. The fourth-order valence-electron chi connectivity index (χ4n) is 2.47. The second-order valence-electron chi connectivity index (χ2n) is 7.08. The van der Waals surface area contributed by atoms with Crippen molar-refractivity contribution in [1.82, 2.24) is 0 Å². The maximum Gasteiger partial charge on any atom is 0.593 e. The van der Waals surface area contributed by atoms with Crippen LogP contribution in [-0.4, -0.2) is 25.5 Å². The van der Waals surface area contributed by atoms with Crippen LogP contribution in [0.5, 0.6) is 11.5 Å². The van der Waals surface area contributed by atoms with Crippen molar-refractivity contribution < 1.29 is 14.0 Å². The van der Waals surface area contributed by atoms with Crippen LogP contribution < -0.4 is 9.55 Å². The van der Waals surface area contributed by atoms with Crippen molar-refractivity contribution in [3.8, 4) is 11.5 Å². The van der Waals surface area contributed by atoms with Crippen molar-refractivity contribution in [1.29, 1.82) is 0 Å². The molecule has 0 N–H and O–H groups in total. The van der Waals surface area contributed by atoms with Gasteiger partial charge in [-0.15, -0.1) is 0 Å². The Morgan fingerprint density at radius 3 is 1.83 bits per heavy atom. The summed E-state index contributed by atoms with van der Waals surface area (Å²) < 4.78 is 18.0. The highest BCUT2D eigenvalue weighted by Crippen LogP contribution is 2.38. The Labute approximate surface area is 144 Å². The van der Waals surface area contributed by atoms with Gasteiger partial charge in [-0.1, -0.05) is 18.2 Å². The van der Waals surface area contributed by atoms with E-state index in [4.69, 9.17) is 14.0 Å². The van der Waals surface area contributed by atoms with Crippen molar-refractivity contribution in [2.75, 3.05) is 11.9 Å². The zero-order valence-electron chi connectivity index (χ0n) is 14.9. The van der Waals surface area contributed by atoms with E-state index in [9.17, 15) is 0 Å². The molecule has 0 spiro atoms. The van der Waals surface area contributed by atoms with Gasteiger partial charge in [0.2, 0.25) is 0 Å². The number of anilines is 1. The second kappa shape index (κ2) is 6.15. The van der Waals surface area contributed by atoms with Gasteiger partial charge in [-0.2, -0.15) is 0 Å². The predicted molar refractivity (Wildman–Crippen MR) is 97.4 cm³/mol. The largest absolute Gasteiger partial charge is 0.593 e. The van der Waals surface area contributed by atoms with Crippen LogP contribution in [0.25, 0.3) is 0 Å². The Balaban J connectivity index is 1.70. The van der Waals surface area contributed by atoms with E-state index in [-0.39, 0.29) is 11.2 Å². The van der Waals surface area contributed by atoms with Crippen LogP contribution in [0.15, 0.2) is 54.6 Å². The van der Waals surface area contributed by atoms with Crippen LogP contribution in [0.2, 0.25) is 0 Å². The number of para-hydroxylation sites is 1. The molecule has 1 fully saturated rings. The number of hydrogen-bond acceptors (Lipinski definition) is 4. The van der Waals surface area contributed by atoms with Gasteiger partial charge in [-0.25, -0.2) is 0 Å². The molecular weight excluding hydrogens is 301 g/mol. The van der Waals surface area contributed by atoms with E-state index in [1.165, 1.54) is 0 Å². The number of nitrogens with zero attached hydrogens (tertiary/aromatic N) is 1. The van der Waals surface area contributed by atoms with Crippen LogP contribution in [-0.2, 0) is 9.31 Å². The first kappa shape index (κ1) is 16.9. The van der Waals surface area contributed by atoms with E-state index in [0.29, 0.717) is 0 Å². The lowest BCUT2D eigenvalue weighted by Crippen LogP contribution is -2.41. The van der Waals surface area contributed by atoms with Crippen LogP contribution in [0.4, 0.5) is 5.69 Å². The minimum Gasteiger partial charge on any atom is -0.457 e. The summed E-state index contributed by atoms with van der Waals surface area (Å²) in [4.78, 5) is 1.99. The highest BCUT2D eigenvalue weighted by Gasteiger charge is 2.53. The van der Waals surface area contributed by atoms with E-state index >= 15 is 0 Å². The van der Waals surface area contributed by atoms with Crippen LogP contribution in [0.1, 0.15) is 27.7 Å². The first-order valence-electron chi connectivity index (χ1n) is 8.20. The number of benzene rings is 2. The van der Waals surface area contributed by atoms with E-state index in [0.717, 1.165) is 17.2 Å². The van der Waals surface area contributed by atoms with Gasteiger partial charge >= 0.3 is 7.25 Å². The maximum absolute atomic E-state index is 6.08. The summed E-state index contributed by atoms with van der Waals surface area (Å²) in [6.07, 6.45) is 0. The van der Waals surface area contributed by atoms with Crippen molar-refractivity contribution in [2.24, 2.45) is 0 Å². The van der Waals surface area contributed by atoms with Crippen LogP contribution >= 0.6 is 0 Å². The summed E-state index contributed by atoms with van der Waals surface area (Å²) in [6, 6.07) is 17.6. The molecule has 0 radical (unpaired) electrons. The molecule has 1 aliphatic heterocycles. The summed E-state index contributed by atoms with van der Waals surface area (Å²) in [7, 11) is 1.56. The van der Waals surface area contributed by atoms with Crippen molar-refractivity contribution in [3.63, 3.8) is 0 Å². The monoisotopic (exact) mass is 325 g/mol. The average Bonchev–Trinajstić information content (AvgIpc) is 2.76. The Kier molecular flexibility index (Phi) is 4.32. The molecule has 1 heterocycles. The third kappa shape index (κ3) is 3.28. The molecule has 0 unspecified atom stereocenters. The topological polar surface area (TPSA) is 30.9 Å². The predicted octanol–water partition coefficient (Wildman–Crippen LogP) is 4.50. The second-order valence-corrected chi connectivity index (χ2v) is 7.08. The van der Waals surface area contributed by atoms with E-state index < -0.39 is 7.25 Å². The van der Waals surface area contributed by atoms with Crippen molar-refractivity contribution in [2.45, 2.75) is 38.9 Å². The molecule has 0 saturated carbocycles. The van der Waals surface area contributed by atoms with E-state index in [2.05, 4.69) is 27.7 Å². The molecule has 0 aliphatic carbocycles. The quantitative estimate of drug-likeness (QED) is 0.774. The molecule has 5 heteroatoms. The zero-order valence-corrected chi connectivity index (χ0v) is 14.9. The summed E-state index contributed by atoms with van der Waals surface area (Å²) in [5.41, 5.74) is 0.318. The fraction of sp³-hybridized carbons (Fsp3) is 0.368. The van der Waals surface area contributed by atoms with Gasteiger partial charge in [0.05, 0.1) is 11.2 Å². The highest BCUT2D eigenvalue weighted by molar-refractivity contribution is 6.50. The molecule has 2 aromatic rings. The zero-order chi connectivity index (χ0) is 17.4. The lowest BCUT2D eigenvalue weighted by molar-refractivity contribution is 0.00578. The normalized spacial score (nSPS) is 18.5.